The molecule has 130 valence electrons. The Morgan fingerprint density at radius 2 is 1.80 bits per heavy atom. The first kappa shape index (κ1) is 17.9. The van der Waals surface area contributed by atoms with Gasteiger partial charge in [0.1, 0.15) is 5.69 Å². The van der Waals surface area contributed by atoms with Gasteiger partial charge in [0.2, 0.25) is 0 Å². The molecule has 2 aromatic carbocycles. The summed E-state index contributed by atoms with van der Waals surface area (Å²) in [6.45, 7) is 2.24. The number of nitro benzene ring substituents is 1. The highest BCUT2D eigenvalue weighted by molar-refractivity contribution is 6.05. The number of rotatable bonds is 6. The lowest BCUT2D eigenvalue weighted by Gasteiger charge is -2.07. The summed E-state index contributed by atoms with van der Waals surface area (Å²) in [5, 5.41) is 13.5. The Morgan fingerprint density at radius 1 is 1.16 bits per heavy atom. The lowest BCUT2D eigenvalue weighted by Crippen LogP contribution is -2.13. The van der Waals surface area contributed by atoms with Crippen LogP contribution in [0.3, 0.4) is 0 Å². The molecule has 0 bridgehead atoms. The predicted molar refractivity (Wildman–Crippen MR) is 92.5 cm³/mol. The highest BCUT2D eigenvalue weighted by Crippen LogP contribution is 2.23. The second kappa shape index (κ2) is 7.91. The van der Waals surface area contributed by atoms with Crippen molar-refractivity contribution in [3.05, 3.63) is 63.7 Å². The average molecular weight is 343 g/mol. The summed E-state index contributed by atoms with van der Waals surface area (Å²) < 4.78 is 5.01. The van der Waals surface area contributed by atoms with Crippen molar-refractivity contribution in [3.8, 4) is 0 Å². The molecule has 8 nitrogen and oxygen atoms in total. The van der Waals surface area contributed by atoms with E-state index in [1.165, 1.54) is 24.3 Å². The fraction of sp³-hybridized carbons (Fsp3) is 0.176. The molecule has 0 aliphatic heterocycles. The standard InChI is InChI=1S/C17H17N3O5/c1-2-9-25-17(22)11-3-6-13(7-4-11)19-16(21)12-5-8-14(18)15(10-12)20(23)24/h3-8,10H,2,9,18H2,1H3,(H,19,21). The zero-order valence-corrected chi connectivity index (χ0v) is 13.5. The van der Waals surface area contributed by atoms with Crippen molar-refractivity contribution in [2.24, 2.45) is 0 Å². The van der Waals surface area contributed by atoms with Crippen molar-refractivity contribution in [2.75, 3.05) is 17.7 Å². The maximum absolute atomic E-state index is 12.2. The second-order valence-corrected chi connectivity index (χ2v) is 5.20. The topological polar surface area (TPSA) is 125 Å². The Morgan fingerprint density at radius 3 is 2.40 bits per heavy atom. The molecule has 0 saturated carbocycles. The van der Waals surface area contributed by atoms with Gasteiger partial charge < -0.3 is 15.8 Å². The van der Waals surface area contributed by atoms with E-state index in [4.69, 9.17) is 10.5 Å². The quantitative estimate of drug-likeness (QED) is 0.359. The summed E-state index contributed by atoms with van der Waals surface area (Å²) in [7, 11) is 0. The first-order valence-corrected chi connectivity index (χ1v) is 7.54. The molecule has 0 fully saturated rings. The maximum atomic E-state index is 12.2. The third kappa shape index (κ3) is 4.54. The molecule has 0 aliphatic rings. The molecular weight excluding hydrogens is 326 g/mol. The lowest BCUT2D eigenvalue weighted by molar-refractivity contribution is -0.383. The number of nitrogen functional groups attached to an aromatic ring is 1. The van der Waals surface area contributed by atoms with Crippen molar-refractivity contribution in [1.82, 2.24) is 0 Å². The van der Waals surface area contributed by atoms with Gasteiger partial charge in [-0.1, -0.05) is 6.92 Å². The van der Waals surface area contributed by atoms with E-state index in [0.717, 1.165) is 12.5 Å². The average Bonchev–Trinajstić information content (AvgIpc) is 2.60. The number of esters is 1. The Labute approximate surface area is 143 Å². The number of hydrogen-bond donors (Lipinski definition) is 2. The molecule has 0 radical (unpaired) electrons. The van der Waals surface area contributed by atoms with Gasteiger partial charge in [0.15, 0.2) is 0 Å². The number of benzene rings is 2. The molecule has 0 spiro atoms. The smallest absolute Gasteiger partial charge is 0.338 e. The summed E-state index contributed by atoms with van der Waals surface area (Å²) >= 11 is 0. The summed E-state index contributed by atoms with van der Waals surface area (Å²) in [5.74, 6) is -0.960. The fourth-order valence-electron chi connectivity index (χ4n) is 2.01. The van der Waals surface area contributed by atoms with Crippen LogP contribution in [0.2, 0.25) is 0 Å². The molecule has 0 atom stereocenters. The number of ether oxygens (including phenoxy) is 1. The highest BCUT2D eigenvalue weighted by Gasteiger charge is 2.16. The van der Waals surface area contributed by atoms with Gasteiger partial charge in [-0.3, -0.25) is 14.9 Å². The second-order valence-electron chi connectivity index (χ2n) is 5.20. The molecule has 0 unspecified atom stereocenters. The van der Waals surface area contributed by atoms with Gasteiger partial charge in [-0.25, -0.2) is 4.79 Å². The third-order valence-corrected chi connectivity index (χ3v) is 3.31. The van der Waals surface area contributed by atoms with Crippen LogP contribution < -0.4 is 11.1 Å². The summed E-state index contributed by atoms with van der Waals surface area (Å²) in [6, 6.07) is 9.96. The number of nitrogens with one attached hydrogen (secondary N) is 1. The highest BCUT2D eigenvalue weighted by atomic mass is 16.6. The van der Waals surface area contributed by atoms with Gasteiger partial charge in [0.05, 0.1) is 17.1 Å². The normalized spacial score (nSPS) is 10.1. The number of nitro groups is 1. The third-order valence-electron chi connectivity index (χ3n) is 3.31. The molecule has 0 heterocycles. The number of nitrogens with two attached hydrogens (primary N) is 1. The van der Waals surface area contributed by atoms with Crippen molar-refractivity contribution in [3.63, 3.8) is 0 Å². The lowest BCUT2D eigenvalue weighted by atomic mass is 10.1. The zero-order valence-electron chi connectivity index (χ0n) is 13.5. The molecule has 2 aromatic rings. The Balaban J connectivity index is 2.09. The fourth-order valence-corrected chi connectivity index (χ4v) is 2.01. The van der Waals surface area contributed by atoms with E-state index in [-0.39, 0.29) is 16.9 Å². The van der Waals surface area contributed by atoms with E-state index in [2.05, 4.69) is 5.32 Å². The van der Waals surface area contributed by atoms with Crippen LogP contribution in [-0.2, 0) is 4.74 Å². The summed E-state index contributed by atoms with van der Waals surface area (Å²) in [6.07, 6.45) is 0.730. The Kier molecular flexibility index (Phi) is 5.67. The summed E-state index contributed by atoms with van der Waals surface area (Å²) in [5.41, 5.74) is 6.07. The number of anilines is 2. The number of amides is 1. The van der Waals surface area contributed by atoms with Crippen molar-refractivity contribution < 1.29 is 19.2 Å². The van der Waals surface area contributed by atoms with E-state index in [9.17, 15) is 19.7 Å². The zero-order chi connectivity index (χ0) is 18.4. The van der Waals surface area contributed by atoms with Crippen LogP contribution in [0.5, 0.6) is 0 Å². The molecular formula is C17H17N3O5. The van der Waals surface area contributed by atoms with Crippen LogP contribution in [0.1, 0.15) is 34.1 Å². The number of hydrogen-bond acceptors (Lipinski definition) is 6. The molecule has 0 aliphatic carbocycles. The van der Waals surface area contributed by atoms with Gasteiger partial charge >= 0.3 is 5.97 Å². The number of carbonyl (C=O) groups is 2. The minimum Gasteiger partial charge on any atom is -0.462 e. The molecule has 0 aromatic heterocycles. The van der Waals surface area contributed by atoms with Crippen molar-refractivity contribution in [1.29, 1.82) is 0 Å². The van der Waals surface area contributed by atoms with E-state index >= 15 is 0 Å². The maximum Gasteiger partial charge on any atom is 0.338 e. The van der Waals surface area contributed by atoms with E-state index in [0.29, 0.717) is 17.9 Å². The van der Waals surface area contributed by atoms with Crippen LogP contribution in [-0.4, -0.2) is 23.4 Å². The van der Waals surface area contributed by atoms with Crippen molar-refractivity contribution in [2.45, 2.75) is 13.3 Å². The van der Waals surface area contributed by atoms with E-state index < -0.39 is 16.8 Å². The summed E-state index contributed by atoms with van der Waals surface area (Å²) in [4.78, 5) is 34.1. The minimum absolute atomic E-state index is 0.0171. The van der Waals surface area contributed by atoms with Crippen LogP contribution in [0.15, 0.2) is 42.5 Å². The number of carbonyl (C=O) groups excluding carboxylic acids is 2. The number of nitrogens with zero attached hydrogens (tertiary/aromatic N) is 1. The predicted octanol–water partition coefficient (Wildman–Crippen LogP) is 3.00. The van der Waals surface area contributed by atoms with Crippen LogP contribution in [0.4, 0.5) is 17.1 Å². The Hall–Kier alpha value is -3.42. The van der Waals surface area contributed by atoms with E-state index in [1.54, 1.807) is 12.1 Å². The monoisotopic (exact) mass is 343 g/mol. The van der Waals surface area contributed by atoms with Crippen LogP contribution in [0, 0.1) is 10.1 Å². The largest absolute Gasteiger partial charge is 0.462 e. The molecule has 1 amide bonds. The molecule has 2 rings (SSSR count). The van der Waals surface area contributed by atoms with Gasteiger partial charge in [-0.15, -0.1) is 0 Å². The first-order valence-electron chi connectivity index (χ1n) is 7.54. The SMILES string of the molecule is CCCOC(=O)c1ccc(NC(=O)c2ccc(N)c([N+](=O)[O-])c2)cc1. The molecule has 0 saturated heterocycles. The van der Waals surface area contributed by atoms with Crippen LogP contribution in [0.25, 0.3) is 0 Å². The van der Waals surface area contributed by atoms with Gasteiger partial charge in [0, 0.05) is 17.3 Å². The van der Waals surface area contributed by atoms with Crippen molar-refractivity contribution >= 4 is 28.9 Å². The van der Waals surface area contributed by atoms with Gasteiger partial charge in [0.25, 0.3) is 11.6 Å². The first-order chi connectivity index (χ1) is 11.9. The Bertz CT molecular complexity index is 802. The molecule has 8 heteroatoms. The molecule has 3 N–H and O–H groups in total. The van der Waals surface area contributed by atoms with Gasteiger partial charge in [-0.2, -0.15) is 0 Å². The van der Waals surface area contributed by atoms with Crippen LogP contribution >= 0.6 is 0 Å². The minimum atomic E-state index is -0.650. The molecule has 25 heavy (non-hydrogen) atoms. The van der Waals surface area contributed by atoms with E-state index in [1.807, 2.05) is 6.92 Å². The van der Waals surface area contributed by atoms with Gasteiger partial charge in [-0.05, 0) is 42.8 Å².